The molecule has 0 radical (unpaired) electrons. The lowest BCUT2D eigenvalue weighted by molar-refractivity contribution is -0.138. The molecule has 1 aliphatic heterocycles. The highest BCUT2D eigenvalue weighted by Gasteiger charge is 2.32. The Morgan fingerprint density at radius 3 is 2.77 bits per heavy atom. The first-order chi connectivity index (χ1) is 12.5. The molecule has 1 aliphatic rings. The van der Waals surface area contributed by atoms with Gasteiger partial charge in [0.05, 0.1) is 6.04 Å². The molecule has 0 saturated carbocycles. The molecule has 1 atom stereocenters. The summed E-state index contributed by atoms with van der Waals surface area (Å²) in [5, 5.41) is 3.45. The fraction of sp³-hybridized carbons (Fsp3) is 0.400. The Balaban J connectivity index is 1.83. The molecule has 2 amide bonds. The highest BCUT2D eigenvalue weighted by Crippen LogP contribution is 2.33. The van der Waals surface area contributed by atoms with Crippen LogP contribution >= 0.6 is 11.6 Å². The van der Waals surface area contributed by atoms with Gasteiger partial charge in [-0.05, 0) is 35.7 Å². The van der Waals surface area contributed by atoms with Gasteiger partial charge in [0, 0.05) is 36.5 Å². The van der Waals surface area contributed by atoms with E-state index >= 15 is 0 Å². The molecule has 26 heavy (non-hydrogen) atoms. The zero-order valence-corrected chi connectivity index (χ0v) is 15.9. The number of benzene rings is 1. The van der Waals surface area contributed by atoms with Gasteiger partial charge in [-0.2, -0.15) is 0 Å². The third-order valence-electron chi connectivity index (χ3n) is 4.54. The van der Waals surface area contributed by atoms with Crippen molar-refractivity contribution in [1.82, 2.24) is 14.8 Å². The quantitative estimate of drug-likeness (QED) is 0.818. The van der Waals surface area contributed by atoms with Crippen LogP contribution < -0.4 is 5.32 Å². The number of amides is 2. The molecule has 1 unspecified atom stereocenters. The number of nitrogens with zero attached hydrogens (tertiary/aromatic N) is 2. The van der Waals surface area contributed by atoms with Crippen LogP contribution in [0.3, 0.4) is 0 Å². The van der Waals surface area contributed by atoms with Gasteiger partial charge in [0.2, 0.25) is 11.8 Å². The first kappa shape index (κ1) is 18.5. The van der Waals surface area contributed by atoms with Gasteiger partial charge in [-0.25, -0.2) is 0 Å². The number of halogens is 1. The summed E-state index contributed by atoms with van der Waals surface area (Å²) in [4.78, 5) is 26.8. The number of hydrogen-bond acceptors (Lipinski definition) is 2. The highest BCUT2D eigenvalue weighted by atomic mass is 35.5. The summed E-state index contributed by atoms with van der Waals surface area (Å²) >= 11 is 6.17. The van der Waals surface area contributed by atoms with Crippen molar-refractivity contribution in [1.29, 1.82) is 0 Å². The van der Waals surface area contributed by atoms with E-state index in [1.807, 2.05) is 56.4 Å². The van der Waals surface area contributed by atoms with Gasteiger partial charge in [0.25, 0.3) is 0 Å². The van der Waals surface area contributed by atoms with Crippen LogP contribution in [-0.2, 0) is 16.1 Å². The molecule has 138 valence electrons. The molecule has 0 bridgehead atoms. The Morgan fingerprint density at radius 2 is 2.04 bits per heavy atom. The Labute approximate surface area is 158 Å². The van der Waals surface area contributed by atoms with Crippen LogP contribution in [0.1, 0.15) is 37.6 Å². The van der Waals surface area contributed by atoms with Gasteiger partial charge in [-0.1, -0.05) is 37.6 Å². The molecule has 2 aromatic rings. The van der Waals surface area contributed by atoms with Gasteiger partial charge >= 0.3 is 0 Å². The maximum absolute atomic E-state index is 12.9. The van der Waals surface area contributed by atoms with E-state index in [9.17, 15) is 9.59 Å². The van der Waals surface area contributed by atoms with E-state index in [0.717, 1.165) is 17.8 Å². The monoisotopic (exact) mass is 373 g/mol. The van der Waals surface area contributed by atoms with Crippen molar-refractivity contribution in [3.05, 3.63) is 58.9 Å². The van der Waals surface area contributed by atoms with E-state index in [1.54, 1.807) is 4.90 Å². The summed E-state index contributed by atoms with van der Waals surface area (Å²) < 4.78 is 2.15. The van der Waals surface area contributed by atoms with Gasteiger partial charge in [0.1, 0.15) is 6.42 Å². The summed E-state index contributed by atoms with van der Waals surface area (Å²) in [7, 11) is 0. The average Bonchev–Trinajstić information content (AvgIpc) is 3.07. The Bertz CT molecular complexity index is 800. The van der Waals surface area contributed by atoms with E-state index in [0.29, 0.717) is 24.0 Å². The van der Waals surface area contributed by atoms with E-state index in [-0.39, 0.29) is 24.3 Å². The number of aromatic nitrogens is 1. The molecule has 0 spiro atoms. The highest BCUT2D eigenvalue weighted by molar-refractivity contribution is 6.30. The van der Waals surface area contributed by atoms with Crippen molar-refractivity contribution in [3.63, 3.8) is 0 Å². The number of rotatable bonds is 5. The van der Waals surface area contributed by atoms with Crippen LogP contribution in [0.25, 0.3) is 0 Å². The van der Waals surface area contributed by atoms with Gasteiger partial charge < -0.3 is 14.8 Å². The van der Waals surface area contributed by atoms with Crippen molar-refractivity contribution in [2.45, 2.75) is 32.9 Å². The molecule has 1 aromatic carbocycles. The van der Waals surface area contributed by atoms with Crippen LogP contribution in [0.2, 0.25) is 5.02 Å². The van der Waals surface area contributed by atoms with Crippen LogP contribution in [-0.4, -0.2) is 34.4 Å². The van der Waals surface area contributed by atoms with Crippen molar-refractivity contribution < 1.29 is 9.59 Å². The van der Waals surface area contributed by atoms with Crippen molar-refractivity contribution in [2.75, 3.05) is 13.1 Å². The maximum Gasteiger partial charge on any atom is 0.232 e. The lowest BCUT2D eigenvalue weighted by Crippen LogP contribution is -2.44. The largest absolute Gasteiger partial charge is 0.355 e. The zero-order valence-electron chi connectivity index (χ0n) is 15.1. The molecule has 1 aromatic heterocycles. The number of nitrogens with one attached hydrogen (secondary N) is 1. The topological polar surface area (TPSA) is 54.3 Å². The Kier molecular flexibility index (Phi) is 5.67. The van der Waals surface area contributed by atoms with E-state index in [4.69, 9.17) is 11.6 Å². The molecule has 3 rings (SSSR count). The molecule has 6 heteroatoms. The second-order valence-corrected chi connectivity index (χ2v) is 7.48. The SMILES string of the molecule is CC(C)CNC(=O)CC(=O)N1CCn2cccc2C1c1cccc(Cl)c1. The average molecular weight is 374 g/mol. The molecule has 0 aliphatic carbocycles. The normalized spacial score (nSPS) is 16.5. The molecule has 0 saturated heterocycles. The predicted octanol–water partition coefficient (Wildman–Crippen LogP) is 3.24. The van der Waals surface area contributed by atoms with Gasteiger partial charge in [0.15, 0.2) is 0 Å². The molecular formula is C20H24ClN3O2. The number of carbonyl (C=O) groups excluding carboxylic acids is 2. The predicted molar refractivity (Wildman–Crippen MR) is 102 cm³/mol. The van der Waals surface area contributed by atoms with E-state index < -0.39 is 0 Å². The summed E-state index contributed by atoms with van der Waals surface area (Å²) in [6.07, 6.45) is 1.88. The van der Waals surface area contributed by atoms with Crippen molar-refractivity contribution in [3.8, 4) is 0 Å². The minimum Gasteiger partial charge on any atom is -0.355 e. The van der Waals surface area contributed by atoms with E-state index in [2.05, 4.69) is 9.88 Å². The van der Waals surface area contributed by atoms with Gasteiger partial charge in [-0.3, -0.25) is 9.59 Å². The van der Waals surface area contributed by atoms with Crippen molar-refractivity contribution in [2.24, 2.45) is 5.92 Å². The third-order valence-corrected chi connectivity index (χ3v) is 4.78. The molecular weight excluding hydrogens is 350 g/mol. The Hall–Kier alpha value is -2.27. The summed E-state index contributed by atoms with van der Waals surface area (Å²) in [5.41, 5.74) is 1.99. The third kappa shape index (κ3) is 4.10. The smallest absolute Gasteiger partial charge is 0.232 e. The maximum atomic E-state index is 12.9. The van der Waals surface area contributed by atoms with Gasteiger partial charge in [-0.15, -0.1) is 0 Å². The summed E-state index contributed by atoms with van der Waals surface area (Å²) in [5.74, 6) is -0.0373. The first-order valence-corrected chi connectivity index (χ1v) is 9.30. The van der Waals surface area contributed by atoms with Crippen molar-refractivity contribution >= 4 is 23.4 Å². The van der Waals surface area contributed by atoms with Crippen LogP contribution in [0.5, 0.6) is 0 Å². The summed E-state index contributed by atoms with van der Waals surface area (Å²) in [6.45, 7) is 5.91. The zero-order chi connectivity index (χ0) is 18.7. The Morgan fingerprint density at radius 1 is 1.23 bits per heavy atom. The van der Waals surface area contributed by atoms with Crippen LogP contribution in [0.15, 0.2) is 42.6 Å². The molecule has 0 fully saturated rings. The van der Waals surface area contributed by atoms with Crippen LogP contribution in [0.4, 0.5) is 0 Å². The van der Waals surface area contributed by atoms with Crippen LogP contribution in [0, 0.1) is 5.92 Å². The summed E-state index contributed by atoms with van der Waals surface area (Å²) in [6, 6.07) is 11.3. The lowest BCUT2D eigenvalue weighted by Gasteiger charge is -2.37. The molecule has 5 nitrogen and oxygen atoms in total. The molecule has 2 heterocycles. The lowest BCUT2D eigenvalue weighted by atomic mass is 9.99. The first-order valence-electron chi connectivity index (χ1n) is 8.92. The second-order valence-electron chi connectivity index (χ2n) is 7.05. The number of carbonyl (C=O) groups is 2. The minimum atomic E-state index is -0.233. The second kappa shape index (κ2) is 7.96. The van der Waals surface area contributed by atoms with E-state index in [1.165, 1.54) is 0 Å². The minimum absolute atomic E-state index is 0.134. The fourth-order valence-corrected chi connectivity index (χ4v) is 3.50. The number of fused-ring (bicyclic) bond motifs is 1. The molecule has 1 N–H and O–H groups in total. The fourth-order valence-electron chi connectivity index (χ4n) is 3.30. The standard InChI is InChI=1S/C20H24ClN3O2/c1-14(2)13-22-18(25)12-19(26)24-10-9-23-8-4-7-17(23)20(24)15-5-3-6-16(21)11-15/h3-8,11,14,20H,9-10,12-13H2,1-2H3,(H,22,25). The number of hydrogen-bond donors (Lipinski definition) is 1.